The fourth-order valence-electron chi connectivity index (χ4n) is 4.15. The highest BCUT2D eigenvalue weighted by Crippen LogP contribution is 2.12. The van der Waals surface area contributed by atoms with Crippen molar-refractivity contribution in [3.63, 3.8) is 0 Å². The Balaban J connectivity index is 3.54. The number of unbranched alkanes of at least 4 members (excludes halogenated alkanes) is 14. The van der Waals surface area contributed by atoms with Gasteiger partial charge in [0, 0.05) is 6.42 Å². The van der Waals surface area contributed by atoms with Gasteiger partial charge in [-0.25, -0.2) is 0 Å². The van der Waals surface area contributed by atoms with E-state index in [1.54, 1.807) is 0 Å². The smallest absolute Gasteiger partial charge is 0.220 e. The Morgan fingerprint density at radius 3 is 1.76 bits per heavy atom. The molecule has 0 aromatic rings. The Kier molecular flexibility index (Phi) is 25.6. The lowest BCUT2D eigenvalue weighted by Gasteiger charge is -2.22. The Labute approximate surface area is 211 Å². The van der Waals surface area contributed by atoms with E-state index < -0.39 is 12.1 Å². The van der Waals surface area contributed by atoms with Gasteiger partial charge in [0.1, 0.15) is 0 Å². The quantitative estimate of drug-likeness (QED) is 0.0924. The molecule has 0 saturated heterocycles. The number of nitrogens with one attached hydrogen (secondary N) is 1. The zero-order valence-corrected chi connectivity index (χ0v) is 22.6. The summed E-state index contributed by atoms with van der Waals surface area (Å²) in [5.41, 5.74) is 0. The molecule has 0 radical (unpaired) electrons. The standard InChI is InChI=1S/C30H57NO3/c1-3-5-7-9-10-11-12-13-14-15-16-17-18-19-20-21-22-24-26-30(34)31-28(27-32)29(33)25-23-8-6-4-2/h11-12,14-15,28-29,32-33H,3-10,13,16-27H2,1-2H3,(H,31,34)/b12-11-,15-14-. The van der Waals surface area contributed by atoms with Gasteiger partial charge in [-0.2, -0.15) is 0 Å². The van der Waals surface area contributed by atoms with Gasteiger partial charge < -0.3 is 15.5 Å². The fraction of sp³-hybridized carbons (Fsp3) is 0.833. The summed E-state index contributed by atoms with van der Waals surface area (Å²) < 4.78 is 0. The molecule has 2 unspecified atom stereocenters. The second-order valence-corrected chi connectivity index (χ2v) is 9.81. The highest BCUT2D eigenvalue weighted by atomic mass is 16.3. The third-order valence-electron chi connectivity index (χ3n) is 6.47. The van der Waals surface area contributed by atoms with Crippen LogP contribution in [0, 0.1) is 0 Å². The van der Waals surface area contributed by atoms with Gasteiger partial charge in [-0.15, -0.1) is 0 Å². The molecule has 0 aliphatic rings. The van der Waals surface area contributed by atoms with Crippen LogP contribution in [0.15, 0.2) is 24.3 Å². The maximum atomic E-state index is 12.1. The van der Waals surface area contributed by atoms with E-state index in [1.807, 2.05) is 0 Å². The van der Waals surface area contributed by atoms with Gasteiger partial charge in [0.2, 0.25) is 5.91 Å². The summed E-state index contributed by atoms with van der Waals surface area (Å²) in [7, 11) is 0. The van der Waals surface area contributed by atoms with Crippen LogP contribution in [0.1, 0.15) is 142 Å². The van der Waals surface area contributed by atoms with E-state index in [9.17, 15) is 15.0 Å². The summed E-state index contributed by atoms with van der Waals surface area (Å²) >= 11 is 0. The van der Waals surface area contributed by atoms with E-state index >= 15 is 0 Å². The molecule has 0 spiro atoms. The lowest BCUT2D eigenvalue weighted by molar-refractivity contribution is -0.123. The van der Waals surface area contributed by atoms with Crippen LogP contribution < -0.4 is 5.32 Å². The Morgan fingerprint density at radius 1 is 0.706 bits per heavy atom. The minimum atomic E-state index is -0.655. The zero-order chi connectivity index (χ0) is 25.1. The van der Waals surface area contributed by atoms with Crippen LogP contribution in [0.3, 0.4) is 0 Å². The fourth-order valence-corrected chi connectivity index (χ4v) is 4.15. The number of carbonyl (C=O) groups excluding carboxylic acids is 1. The molecule has 0 saturated carbocycles. The maximum absolute atomic E-state index is 12.1. The number of rotatable bonds is 25. The van der Waals surface area contributed by atoms with Crippen LogP contribution >= 0.6 is 0 Å². The SMILES string of the molecule is CCCCCC/C=C\C/C=C\CCCCCCCCCC(=O)NC(CO)C(O)CCCCCC. The summed E-state index contributed by atoms with van der Waals surface area (Å²) in [6.45, 7) is 4.21. The Morgan fingerprint density at radius 2 is 1.21 bits per heavy atom. The molecule has 0 aliphatic carbocycles. The van der Waals surface area contributed by atoms with Crippen molar-refractivity contribution in [1.29, 1.82) is 0 Å². The molecular formula is C30H57NO3. The van der Waals surface area contributed by atoms with Crippen molar-refractivity contribution in [3.8, 4) is 0 Å². The molecule has 1 amide bonds. The predicted molar refractivity (Wildman–Crippen MR) is 147 cm³/mol. The van der Waals surface area contributed by atoms with Crippen LogP contribution in [-0.4, -0.2) is 34.9 Å². The molecule has 4 heteroatoms. The van der Waals surface area contributed by atoms with E-state index in [-0.39, 0.29) is 12.5 Å². The van der Waals surface area contributed by atoms with E-state index in [4.69, 9.17) is 0 Å². The predicted octanol–water partition coefficient (Wildman–Crippen LogP) is 7.78. The second kappa shape index (κ2) is 26.5. The van der Waals surface area contributed by atoms with E-state index in [0.717, 1.165) is 44.9 Å². The Bertz CT molecular complexity index is 489. The monoisotopic (exact) mass is 479 g/mol. The number of hydrogen-bond donors (Lipinski definition) is 3. The van der Waals surface area contributed by atoms with Crippen LogP contribution in [-0.2, 0) is 4.79 Å². The van der Waals surface area contributed by atoms with Gasteiger partial charge >= 0.3 is 0 Å². The van der Waals surface area contributed by atoms with E-state index in [1.165, 1.54) is 70.6 Å². The second-order valence-electron chi connectivity index (χ2n) is 9.81. The van der Waals surface area contributed by atoms with Crippen molar-refractivity contribution < 1.29 is 15.0 Å². The first kappa shape index (κ1) is 32.9. The molecule has 0 fully saturated rings. The van der Waals surface area contributed by atoms with Crippen LogP contribution in [0.2, 0.25) is 0 Å². The summed E-state index contributed by atoms with van der Waals surface area (Å²) in [5.74, 6) is -0.0511. The van der Waals surface area contributed by atoms with Crippen LogP contribution in [0.5, 0.6) is 0 Å². The van der Waals surface area contributed by atoms with Crippen LogP contribution in [0.4, 0.5) is 0 Å². The minimum absolute atomic E-state index is 0.0511. The molecule has 0 aromatic carbocycles. The van der Waals surface area contributed by atoms with Gasteiger partial charge in [0.25, 0.3) is 0 Å². The third kappa shape index (κ3) is 22.7. The first-order valence-electron chi connectivity index (χ1n) is 14.5. The molecule has 0 bridgehead atoms. The van der Waals surface area contributed by atoms with Gasteiger partial charge in [0.05, 0.1) is 18.8 Å². The van der Waals surface area contributed by atoms with Crippen molar-refractivity contribution in [3.05, 3.63) is 24.3 Å². The summed E-state index contributed by atoms with van der Waals surface area (Å²) in [6.07, 6.45) is 31.1. The lowest BCUT2D eigenvalue weighted by Crippen LogP contribution is -2.45. The topological polar surface area (TPSA) is 69.6 Å². The molecule has 0 aromatic heterocycles. The molecule has 0 aliphatic heterocycles. The molecule has 4 nitrogen and oxygen atoms in total. The van der Waals surface area contributed by atoms with Gasteiger partial charge in [-0.1, -0.05) is 115 Å². The van der Waals surface area contributed by atoms with E-state index in [2.05, 4.69) is 43.5 Å². The van der Waals surface area contributed by atoms with Gasteiger partial charge in [-0.3, -0.25) is 4.79 Å². The normalized spacial score (nSPS) is 13.6. The highest BCUT2D eigenvalue weighted by Gasteiger charge is 2.19. The van der Waals surface area contributed by atoms with Crippen molar-refractivity contribution in [2.75, 3.05) is 6.61 Å². The van der Waals surface area contributed by atoms with Crippen molar-refractivity contribution in [2.45, 2.75) is 154 Å². The van der Waals surface area contributed by atoms with Crippen molar-refractivity contribution >= 4 is 5.91 Å². The molecular weight excluding hydrogens is 422 g/mol. The van der Waals surface area contributed by atoms with E-state index in [0.29, 0.717) is 12.8 Å². The van der Waals surface area contributed by atoms with Crippen molar-refractivity contribution in [1.82, 2.24) is 5.32 Å². The number of carbonyl (C=O) groups is 1. The number of amides is 1. The zero-order valence-electron chi connectivity index (χ0n) is 22.6. The molecule has 200 valence electrons. The summed E-state index contributed by atoms with van der Waals surface area (Å²) in [4.78, 5) is 12.1. The maximum Gasteiger partial charge on any atom is 0.220 e. The molecule has 0 heterocycles. The number of hydrogen-bond acceptors (Lipinski definition) is 3. The van der Waals surface area contributed by atoms with Gasteiger partial charge in [0.15, 0.2) is 0 Å². The highest BCUT2D eigenvalue weighted by molar-refractivity contribution is 5.76. The Hall–Kier alpha value is -1.13. The largest absolute Gasteiger partial charge is 0.394 e. The van der Waals surface area contributed by atoms with Crippen LogP contribution in [0.25, 0.3) is 0 Å². The molecule has 0 rings (SSSR count). The average molecular weight is 480 g/mol. The van der Waals surface area contributed by atoms with Gasteiger partial charge in [-0.05, 0) is 44.9 Å². The number of aliphatic hydroxyl groups excluding tert-OH is 2. The minimum Gasteiger partial charge on any atom is -0.394 e. The summed E-state index contributed by atoms with van der Waals surface area (Å²) in [5, 5.41) is 22.5. The number of allylic oxidation sites excluding steroid dienone is 4. The first-order chi connectivity index (χ1) is 16.7. The third-order valence-corrected chi connectivity index (χ3v) is 6.47. The lowest BCUT2D eigenvalue weighted by atomic mass is 10.0. The summed E-state index contributed by atoms with van der Waals surface area (Å²) in [6, 6.07) is -0.533. The average Bonchev–Trinajstić information content (AvgIpc) is 2.84. The van der Waals surface area contributed by atoms with Crippen molar-refractivity contribution in [2.24, 2.45) is 0 Å². The molecule has 34 heavy (non-hydrogen) atoms. The number of aliphatic hydroxyl groups is 2. The molecule has 3 N–H and O–H groups in total. The molecule has 2 atom stereocenters. The first-order valence-corrected chi connectivity index (χ1v) is 14.5.